The van der Waals surface area contributed by atoms with Gasteiger partial charge in [-0.25, -0.2) is 14.6 Å². The summed E-state index contributed by atoms with van der Waals surface area (Å²) >= 11 is 6.38. The lowest BCUT2D eigenvalue weighted by Crippen LogP contribution is -2.57. The fourth-order valence-corrected chi connectivity index (χ4v) is 7.44. The number of urea groups is 1. The van der Waals surface area contributed by atoms with E-state index in [9.17, 15) is 24.0 Å². The zero-order valence-corrected chi connectivity index (χ0v) is 34.1. The van der Waals surface area contributed by atoms with E-state index >= 15 is 0 Å². The molecule has 5 aromatic rings. The van der Waals surface area contributed by atoms with Crippen LogP contribution < -0.4 is 16.1 Å². The van der Waals surface area contributed by atoms with Crippen LogP contribution in [0.4, 0.5) is 21.9 Å². The average Bonchev–Trinajstić information content (AvgIpc) is 3.93. The monoisotopic (exact) mass is 839 g/mol. The molecule has 4 amide bonds. The Balaban J connectivity index is 1.15. The molecular formula is C41H46ClN11O7. The van der Waals surface area contributed by atoms with E-state index in [2.05, 4.69) is 41.5 Å². The number of nitrogens with zero attached hydrogens (tertiary/aromatic N) is 7. The van der Waals surface area contributed by atoms with E-state index in [1.807, 2.05) is 4.90 Å². The van der Waals surface area contributed by atoms with Crippen LogP contribution in [0.15, 0.2) is 73.1 Å². The van der Waals surface area contributed by atoms with Crippen molar-refractivity contribution in [2.45, 2.75) is 64.3 Å². The van der Waals surface area contributed by atoms with Crippen molar-refractivity contribution in [3.8, 4) is 5.69 Å². The van der Waals surface area contributed by atoms with Gasteiger partial charge >= 0.3 is 17.9 Å². The first-order valence-corrected chi connectivity index (χ1v) is 20.0. The number of hydrazine groups is 1. The van der Waals surface area contributed by atoms with Gasteiger partial charge in [-0.3, -0.25) is 24.7 Å². The number of carbonyl (C=O) groups excluding carboxylic acids is 5. The van der Waals surface area contributed by atoms with Gasteiger partial charge in [-0.2, -0.15) is 4.68 Å². The van der Waals surface area contributed by atoms with Gasteiger partial charge in [-0.1, -0.05) is 23.7 Å². The number of hydrogen-bond donors (Lipinski definition) is 4. The molecule has 2 atom stereocenters. The molecule has 19 heteroatoms. The molecule has 0 radical (unpaired) electrons. The van der Waals surface area contributed by atoms with Gasteiger partial charge in [0.2, 0.25) is 12.2 Å². The van der Waals surface area contributed by atoms with Crippen molar-refractivity contribution in [2.75, 3.05) is 48.9 Å². The molecule has 2 saturated heterocycles. The third kappa shape index (κ3) is 10.1. The Hall–Kier alpha value is -6.37. The number of likely N-dealkylation sites (tertiary alicyclic amines) is 1. The van der Waals surface area contributed by atoms with Crippen molar-refractivity contribution < 1.29 is 33.4 Å². The first-order chi connectivity index (χ1) is 28.8. The molecule has 2 aliphatic heterocycles. The van der Waals surface area contributed by atoms with Crippen LogP contribution in [0.2, 0.25) is 5.02 Å². The lowest BCUT2D eigenvalue weighted by Gasteiger charge is -2.43. The van der Waals surface area contributed by atoms with Gasteiger partial charge in [0.05, 0.1) is 30.8 Å². The van der Waals surface area contributed by atoms with Crippen LogP contribution in [0.5, 0.6) is 0 Å². The zero-order valence-electron chi connectivity index (χ0n) is 33.4. The molecule has 4 N–H and O–H groups in total. The third-order valence-corrected chi connectivity index (χ3v) is 10.3. The Kier molecular flexibility index (Phi) is 12.7. The highest BCUT2D eigenvalue weighted by atomic mass is 35.5. The second kappa shape index (κ2) is 18.3. The molecule has 4 heterocycles. The van der Waals surface area contributed by atoms with Crippen molar-refractivity contribution in [1.29, 1.82) is 0 Å². The van der Waals surface area contributed by atoms with Crippen molar-refractivity contribution in [3.05, 3.63) is 89.3 Å². The standard InChI is InChI=1S/C41H46ClN11O7/c1-41(2,3)60-39(57)33-22-27-21-30(12-13-31(27)46-33)44-38(56)35(53(37(55)24-54)47-32-23-28(42)9-14-34(32)52-25-43-48-49-52)20-26-7-10-29(11-8-26)45-40(58)51-15-5-4-6-36(51)50-16-18-59-19-17-50/h7-14,21-25,35-36,46-47H,4-6,15-20H2,1-3H3,(H,44,56)(H,45,58). The first-order valence-electron chi connectivity index (χ1n) is 19.6. The minimum absolute atomic E-state index is 0.0131. The number of hydrogen-bond acceptors (Lipinski definition) is 12. The van der Waals surface area contributed by atoms with Crippen LogP contribution in [0.25, 0.3) is 16.6 Å². The van der Waals surface area contributed by atoms with Crippen molar-refractivity contribution in [1.82, 2.24) is 40.0 Å². The maximum Gasteiger partial charge on any atom is 0.355 e. The quantitative estimate of drug-likeness (QED) is 0.0565. The van der Waals surface area contributed by atoms with Crippen LogP contribution in [0, 0.1) is 0 Å². The zero-order chi connectivity index (χ0) is 42.4. The number of carbonyl (C=O) groups is 5. The Bertz CT molecular complexity index is 2340. The molecule has 0 spiro atoms. The molecule has 3 aromatic carbocycles. The van der Waals surface area contributed by atoms with Gasteiger partial charge in [0.15, 0.2) is 0 Å². The summed E-state index contributed by atoms with van der Waals surface area (Å²) in [5.41, 5.74) is 5.21. The number of rotatable bonds is 12. The minimum atomic E-state index is -1.34. The Morgan fingerprint density at radius 3 is 2.47 bits per heavy atom. The fourth-order valence-electron chi connectivity index (χ4n) is 7.27. The van der Waals surface area contributed by atoms with Crippen molar-refractivity contribution in [3.63, 3.8) is 0 Å². The minimum Gasteiger partial charge on any atom is -0.455 e. The summed E-state index contributed by atoms with van der Waals surface area (Å²) in [6.07, 6.45) is 4.19. The summed E-state index contributed by atoms with van der Waals surface area (Å²) in [5, 5.41) is 19.1. The summed E-state index contributed by atoms with van der Waals surface area (Å²) in [6.45, 7) is 8.76. The highest BCUT2D eigenvalue weighted by Gasteiger charge is 2.34. The van der Waals surface area contributed by atoms with Crippen LogP contribution in [-0.2, 0) is 30.3 Å². The van der Waals surface area contributed by atoms with E-state index in [4.69, 9.17) is 21.1 Å². The van der Waals surface area contributed by atoms with Crippen LogP contribution in [-0.4, -0.2) is 121 Å². The Labute approximate surface area is 350 Å². The second-order valence-corrected chi connectivity index (χ2v) is 15.9. The number of ether oxygens (including phenoxy) is 2. The highest BCUT2D eigenvalue weighted by Crippen LogP contribution is 2.28. The molecular weight excluding hydrogens is 794 g/mol. The van der Waals surface area contributed by atoms with E-state index in [1.54, 1.807) is 81.4 Å². The number of esters is 1. The van der Waals surface area contributed by atoms with Gasteiger partial charge in [0, 0.05) is 53.4 Å². The highest BCUT2D eigenvalue weighted by molar-refractivity contribution is 6.31. The number of amides is 4. The third-order valence-electron chi connectivity index (χ3n) is 10.1. The van der Waals surface area contributed by atoms with E-state index in [0.29, 0.717) is 53.3 Å². The topological polar surface area (TPSA) is 209 Å². The SMILES string of the molecule is CC(C)(C)OC(=O)c1cc2cc(NC(=O)C(Cc3ccc(NC(=O)N4CCCCC4N4CCOCC4)cc3)N(Nc3cc(Cl)ccc3-n3cnnn3)C(=O)C=O)ccc2[nH]1. The lowest BCUT2D eigenvalue weighted by molar-refractivity contribution is -0.141. The number of benzene rings is 3. The van der Waals surface area contributed by atoms with Gasteiger partial charge < -0.3 is 30.0 Å². The van der Waals surface area contributed by atoms with E-state index < -0.39 is 29.4 Å². The molecule has 2 aromatic heterocycles. The average molecular weight is 840 g/mol. The fraction of sp³-hybridized carbons (Fsp3) is 0.366. The molecule has 314 valence electrons. The largest absolute Gasteiger partial charge is 0.455 e. The van der Waals surface area contributed by atoms with E-state index in [1.165, 1.54) is 17.1 Å². The number of nitrogens with one attached hydrogen (secondary N) is 4. The number of fused-ring (bicyclic) bond motifs is 1. The van der Waals surface area contributed by atoms with Crippen molar-refractivity contribution >= 4 is 69.7 Å². The molecule has 18 nitrogen and oxygen atoms in total. The second-order valence-electron chi connectivity index (χ2n) is 15.5. The number of aldehydes is 1. The summed E-state index contributed by atoms with van der Waals surface area (Å²) in [4.78, 5) is 73.7. The number of aromatic nitrogens is 5. The van der Waals surface area contributed by atoms with Crippen LogP contribution in [0.1, 0.15) is 56.1 Å². The van der Waals surface area contributed by atoms with Crippen LogP contribution in [0.3, 0.4) is 0 Å². The molecule has 2 unspecified atom stereocenters. The van der Waals surface area contributed by atoms with E-state index in [-0.39, 0.29) is 41.3 Å². The summed E-state index contributed by atoms with van der Waals surface area (Å²) in [7, 11) is 0. The van der Waals surface area contributed by atoms with Gasteiger partial charge in [-0.15, -0.1) is 5.10 Å². The number of morpholine rings is 1. The normalized spacial score (nSPS) is 16.5. The molecule has 0 aliphatic carbocycles. The summed E-state index contributed by atoms with van der Waals surface area (Å²) < 4.78 is 12.4. The Morgan fingerprint density at radius 2 is 1.75 bits per heavy atom. The number of tetrazole rings is 1. The van der Waals surface area contributed by atoms with Crippen molar-refractivity contribution in [2.24, 2.45) is 0 Å². The maximum atomic E-state index is 14.4. The number of H-pyrrole nitrogens is 1. The number of aromatic amines is 1. The molecule has 60 heavy (non-hydrogen) atoms. The summed E-state index contributed by atoms with van der Waals surface area (Å²) in [5.74, 6) is -2.24. The summed E-state index contributed by atoms with van der Waals surface area (Å²) in [6, 6.07) is 16.7. The van der Waals surface area contributed by atoms with Gasteiger partial charge in [-0.05, 0) is 111 Å². The predicted molar refractivity (Wildman–Crippen MR) is 222 cm³/mol. The van der Waals surface area contributed by atoms with Gasteiger partial charge in [0.25, 0.3) is 0 Å². The molecule has 7 rings (SSSR count). The number of anilines is 3. The molecule has 2 aliphatic rings. The van der Waals surface area contributed by atoms with E-state index in [0.717, 1.165) is 37.4 Å². The Morgan fingerprint density at radius 1 is 0.983 bits per heavy atom. The van der Waals surface area contributed by atoms with Gasteiger partial charge in [0.1, 0.15) is 23.7 Å². The molecule has 2 fully saturated rings. The predicted octanol–water partition coefficient (Wildman–Crippen LogP) is 5.03. The first kappa shape index (κ1) is 41.8. The molecule has 0 saturated carbocycles. The van der Waals surface area contributed by atoms with Crippen LogP contribution >= 0.6 is 11.6 Å². The number of halogens is 1. The maximum absolute atomic E-state index is 14.4. The number of piperidine rings is 1. The molecule has 0 bridgehead atoms. The smallest absolute Gasteiger partial charge is 0.355 e. The lowest BCUT2D eigenvalue weighted by atomic mass is 10.0.